The molecule has 0 unspecified atom stereocenters. The van der Waals surface area contributed by atoms with E-state index in [4.69, 9.17) is 4.74 Å². The van der Waals surface area contributed by atoms with Gasteiger partial charge in [-0.2, -0.15) is 0 Å². The van der Waals surface area contributed by atoms with Crippen LogP contribution in [0, 0.1) is 16.0 Å². The Hall–Kier alpha value is -3.75. The fourth-order valence-electron chi connectivity index (χ4n) is 3.55. The largest absolute Gasteiger partial charge is 0.454 e. The summed E-state index contributed by atoms with van der Waals surface area (Å²) in [6.45, 7) is 4.48. The van der Waals surface area contributed by atoms with Crippen LogP contribution in [0.15, 0.2) is 42.5 Å². The number of hydrogen-bond donors (Lipinski definition) is 1. The third kappa shape index (κ3) is 5.69. The van der Waals surface area contributed by atoms with Gasteiger partial charge < -0.3 is 15.0 Å². The maximum absolute atomic E-state index is 12.4. The van der Waals surface area contributed by atoms with E-state index in [1.807, 2.05) is 4.90 Å². The predicted molar refractivity (Wildman–Crippen MR) is 119 cm³/mol. The van der Waals surface area contributed by atoms with Gasteiger partial charge in [-0.1, -0.05) is 6.92 Å². The number of nitro benzene ring substituents is 1. The maximum atomic E-state index is 12.4. The molecule has 1 N–H and O–H groups in total. The molecule has 32 heavy (non-hydrogen) atoms. The molecule has 1 amide bonds. The minimum atomic E-state index is -0.810. The fourth-order valence-corrected chi connectivity index (χ4v) is 3.55. The number of anilines is 2. The summed E-state index contributed by atoms with van der Waals surface area (Å²) in [4.78, 5) is 48.8. The molecule has 9 heteroatoms. The van der Waals surface area contributed by atoms with Gasteiger partial charge in [-0.05, 0) is 55.2 Å². The van der Waals surface area contributed by atoms with E-state index in [-0.39, 0.29) is 17.2 Å². The molecule has 1 aliphatic heterocycles. The number of hydrogen-bond acceptors (Lipinski definition) is 7. The molecule has 2 aromatic carbocycles. The van der Waals surface area contributed by atoms with Gasteiger partial charge in [0.05, 0.1) is 10.5 Å². The first-order chi connectivity index (χ1) is 15.2. The number of ketones is 1. The molecule has 1 heterocycles. The Labute approximate surface area is 185 Å². The molecule has 1 saturated heterocycles. The van der Waals surface area contributed by atoms with Crippen molar-refractivity contribution in [1.29, 1.82) is 0 Å². The molecule has 3 rings (SSSR count). The summed E-state index contributed by atoms with van der Waals surface area (Å²) in [5.41, 5.74) is 1.19. The standard InChI is InChI=1S/C23H25N3O6/c1-15-9-11-25(12-10-15)20-8-5-18(13-21(20)26(30)31)23(29)32-14-22(28)17-3-6-19(7-4-17)24-16(2)27/h3-8,13,15H,9-12,14H2,1-2H3,(H,24,27). The van der Waals surface area contributed by atoms with Crippen LogP contribution in [0.5, 0.6) is 0 Å². The zero-order valence-electron chi connectivity index (χ0n) is 18.0. The van der Waals surface area contributed by atoms with Gasteiger partial charge >= 0.3 is 5.97 Å². The summed E-state index contributed by atoms with van der Waals surface area (Å²) in [6, 6.07) is 10.4. The van der Waals surface area contributed by atoms with Crippen LogP contribution in [0.4, 0.5) is 17.1 Å². The Morgan fingerprint density at radius 3 is 2.31 bits per heavy atom. The quantitative estimate of drug-likeness (QED) is 0.301. The average Bonchev–Trinajstić information content (AvgIpc) is 2.77. The minimum absolute atomic E-state index is 0.0135. The number of amides is 1. The second-order valence-corrected chi connectivity index (χ2v) is 7.89. The van der Waals surface area contributed by atoms with Crippen molar-refractivity contribution in [3.8, 4) is 0 Å². The number of nitrogens with one attached hydrogen (secondary N) is 1. The number of nitro groups is 1. The average molecular weight is 439 g/mol. The van der Waals surface area contributed by atoms with E-state index in [2.05, 4.69) is 12.2 Å². The molecule has 1 aliphatic rings. The van der Waals surface area contributed by atoms with Crippen molar-refractivity contribution in [3.63, 3.8) is 0 Å². The third-order valence-corrected chi connectivity index (χ3v) is 5.39. The van der Waals surface area contributed by atoms with Gasteiger partial charge in [0.1, 0.15) is 5.69 Å². The number of nitrogens with zero attached hydrogens (tertiary/aromatic N) is 2. The number of carbonyl (C=O) groups is 3. The molecule has 0 saturated carbocycles. The van der Waals surface area contributed by atoms with Crippen LogP contribution in [0.1, 0.15) is 47.4 Å². The number of benzene rings is 2. The van der Waals surface area contributed by atoms with Crippen molar-refractivity contribution in [2.75, 3.05) is 29.9 Å². The first kappa shape index (κ1) is 22.9. The lowest BCUT2D eigenvalue weighted by Crippen LogP contribution is -2.33. The Balaban J connectivity index is 1.65. The molecule has 168 valence electrons. The van der Waals surface area contributed by atoms with E-state index >= 15 is 0 Å². The molecule has 1 fully saturated rings. The molecule has 0 atom stereocenters. The van der Waals surface area contributed by atoms with Crippen molar-refractivity contribution in [3.05, 3.63) is 63.7 Å². The maximum Gasteiger partial charge on any atom is 0.338 e. The minimum Gasteiger partial charge on any atom is -0.454 e. The number of carbonyl (C=O) groups excluding carboxylic acids is 3. The van der Waals surface area contributed by atoms with Crippen LogP contribution in [0.3, 0.4) is 0 Å². The van der Waals surface area contributed by atoms with Crippen LogP contribution in [0.2, 0.25) is 0 Å². The highest BCUT2D eigenvalue weighted by Crippen LogP contribution is 2.32. The van der Waals surface area contributed by atoms with Gasteiger partial charge in [-0.15, -0.1) is 0 Å². The smallest absolute Gasteiger partial charge is 0.338 e. The van der Waals surface area contributed by atoms with Crippen LogP contribution < -0.4 is 10.2 Å². The number of esters is 1. The van der Waals surface area contributed by atoms with Crippen LogP contribution in [-0.2, 0) is 9.53 Å². The molecule has 0 spiro atoms. The first-order valence-electron chi connectivity index (χ1n) is 10.4. The summed E-state index contributed by atoms with van der Waals surface area (Å²) in [5.74, 6) is -0.886. The van der Waals surface area contributed by atoms with E-state index in [1.54, 1.807) is 18.2 Å². The monoisotopic (exact) mass is 439 g/mol. The topological polar surface area (TPSA) is 119 Å². The Bertz CT molecular complexity index is 1030. The lowest BCUT2D eigenvalue weighted by Gasteiger charge is -2.31. The molecule has 0 aromatic heterocycles. The number of Topliss-reactive ketones (excluding diaryl/α,β-unsaturated/α-hetero) is 1. The van der Waals surface area contributed by atoms with E-state index in [1.165, 1.54) is 31.2 Å². The van der Waals surface area contributed by atoms with E-state index in [0.717, 1.165) is 25.9 Å². The van der Waals surface area contributed by atoms with Crippen LogP contribution >= 0.6 is 0 Å². The SMILES string of the molecule is CC(=O)Nc1ccc(C(=O)COC(=O)c2ccc(N3CCC(C)CC3)c([N+](=O)[O-])c2)cc1. The predicted octanol–water partition coefficient (Wildman–Crippen LogP) is 3.83. The van der Waals surface area contributed by atoms with Crippen molar-refractivity contribution in [2.45, 2.75) is 26.7 Å². The Kier molecular flexibility index (Phi) is 7.19. The molecule has 0 aliphatic carbocycles. The van der Waals surface area contributed by atoms with E-state index < -0.39 is 23.3 Å². The summed E-state index contributed by atoms with van der Waals surface area (Å²) in [5, 5.41) is 14.2. The van der Waals surface area contributed by atoms with Gasteiger partial charge in [-0.25, -0.2) is 4.79 Å². The zero-order chi connectivity index (χ0) is 23.3. The van der Waals surface area contributed by atoms with Gasteiger partial charge in [0, 0.05) is 37.3 Å². The first-order valence-corrected chi connectivity index (χ1v) is 10.4. The second-order valence-electron chi connectivity index (χ2n) is 7.89. The van der Waals surface area contributed by atoms with Crippen molar-refractivity contribution < 1.29 is 24.0 Å². The van der Waals surface area contributed by atoms with Crippen LogP contribution in [0.25, 0.3) is 0 Å². The van der Waals surface area contributed by atoms with Gasteiger partial charge in [0.25, 0.3) is 5.69 Å². The van der Waals surface area contributed by atoms with E-state index in [0.29, 0.717) is 22.9 Å². The molecule has 0 radical (unpaired) electrons. The summed E-state index contributed by atoms with van der Waals surface area (Å²) >= 11 is 0. The van der Waals surface area contributed by atoms with Crippen LogP contribution in [-0.4, -0.2) is 42.3 Å². The Morgan fingerprint density at radius 2 is 1.72 bits per heavy atom. The van der Waals surface area contributed by atoms with E-state index in [9.17, 15) is 24.5 Å². The normalized spacial score (nSPS) is 14.0. The highest BCUT2D eigenvalue weighted by molar-refractivity contribution is 6.00. The number of piperidine rings is 1. The lowest BCUT2D eigenvalue weighted by atomic mass is 9.98. The van der Waals surface area contributed by atoms with Gasteiger partial charge in [-0.3, -0.25) is 19.7 Å². The third-order valence-electron chi connectivity index (χ3n) is 5.39. The van der Waals surface area contributed by atoms with Gasteiger partial charge in [0.2, 0.25) is 5.91 Å². The summed E-state index contributed by atoms with van der Waals surface area (Å²) < 4.78 is 5.08. The molecule has 2 aromatic rings. The fraction of sp³-hybridized carbons (Fsp3) is 0.348. The summed E-state index contributed by atoms with van der Waals surface area (Å²) in [7, 11) is 0. The molecule has 0 bridgehead atoms. The highest BCUT2D eigenvalue weighted by atomic mass is 16.6. The highest BCUT2D eigenvalue weighted by Gasteiger charge is 2.25. The Morgan fingerprint density at radius 1 is 1.09 bits per heavy atom. The van der Waals surface area contributed by atoms with Crippen molar-refractivity contribution in [1.82, 2.24) is 0 Å². The van der Waals surface area contributed by atoms with Gasteiger partial charge in [0.15, 0.2) is 12.4 Å². The lowest BCUT2D eigenvalue weighted by molar-refractivity contribution is -0.384. The summed E-state index contributed by atoms with van der Waals surface area (Å²) in [6.07, 6.45) is 1.91. The molecular formula is C23H25N3O6. The number of rotatable bonds is 7. The molecule has 9 nitrogen and oxygen atoms in total. The second kappa shape index (κ2) is 10.0. The van der Waals surface area contributed by atoms with Crippen molar-refractivity contribution >= 4 is 34.7 Å². The zero-order valence-corrected chi connectivity index (χ0v) is 18.0. The number of ether oxygens (including phenoxy) is 1. The molecular weight excluding hydrogens is 414 g/mol. The van der Waals surface area contributed by atoms with Crippen molar-refractivity contribution in [2.24, 2.45) is 5.92 Å².